The number of rotatable bonds is 7. The first-order valence-electron chi connectivity index (χ1n) is 6.87. The van der Waals surface area contributed by atoms with E-state index in [0.717, 1.165) is 51.2 Å². The van der Waals surface area contributed by atoms with E-state index >= 15 is 0 Å². The molecule has 1 heterocycles. The Hall–Kier alpha value is -0.290. The molecule has 5 heteroatoms. The molecule has 0 aliphatic carbocycles. The summed E-state index contributed by atoms with van der Waals surface area (Å²) in [5.74, 6) is 0.741. The highest BCUT2D eigenvalue weighted by Gasteiger charge is 2.27. The lowest BCUT2D eigenvalue weighted by Gasteiger charge is -2.22. The molecule has 1 rings (SSSR count). The van der Waals surface area contributed by atoms with Crippen molar-refractivity contribution in [2.24, 2.45) is 11.7 Å². The lowest BCUT2D eigenvalue weighted by molar-refractivity contribution is -0.136. The van der Waals surface area contributed by atoms with Gasteiger partial charge >= 0.3 is 6.18 Å². The van der Waals surface area contributed by atoms with Gasteiger partial charge in [-0.1, -0.05) is 19.3 Å². The normalized spacial score (nSPS) is 20.0. The molecule has 1 fully saturated rings. The summed E-state index contributed by atoms with van der Waals surface area (Å²) >= 11 is 0. The fourth-order valence-electron chi connectivity index (χ4n) is 2.37. The third kappa shape index (κ3) is 7.93. The van der Waals surface area contributed by atoms with Crippen LogP contribution in [0, 0.1) is 5.92 Å². The van der Waals surface area contributed by atoms with Crippen LogP contribution < -0.4 is 5.73 Å². The Morgan fingerprint density at radius 1 is 1.11 bits per heavy atom. The molecule has 108 valence electrons. The monoisotopic (exact) mass is 267 g/mol. The summed E-state index contributed by atoms with van der Waals surface area (Å²) in [6, 6.07) is -0.304. The molecule has 0 saturated carbocycles. The number of alkyl halides is 3. The van der Waals surface area contributed by atoms with Crippen molar-refractivity contribution in [2.75, 3.05) is 13.2 Å². The largest absolute Gasteiger partial charge is 0.389 e. The van der Waals surface area contributed by atoms with Gasteiger partial charge in [0.2, 0.25) is 0 Å². The molecule has 1 aliphatic heterocycles. The van der Waals surface area contributed by atoms with Gasteiger partial charge in [0.15, 0.2) is 0 Å². The Labute approximate surface area is 107 Å². The molecule has 1 atom stereocenters. The van der Waals surface area contributed by atoms with Gasteiger partial charge < -0.3 is 10.5 Å². The summed E-state index contributed by atoms with van der Waals surface area (Å²) in [7, 11) is 0. The third-order valence-electron chi connectivity index (χ3n) is 3.58. The Morgan fingerprint density at radius 3 is 2.39 bits per heavy atom. The van der Waals surface area contributed by atoms with Crippen molar-refractivity contribution in [3.63, 3.8) is 0 Å². The minimum Gasteiger partial charge on any atom is -0.381 e. The Bertz CT molecular complexity index is 215. The third-order valence-corrected chi connectivity index (χ3v) is 3.58. The zero-order valence-electron chi connectivity index (χ0n) is 10.8. The van der Waals surface area contributed by atoms with Crippen LogP contribution in [0.3, 0.4) is 0 Å². The average molecular weight is 267 g/mol. The second kappa shape index (κ2) is 8.00. The summed E-state index contributed by atoms with van der Waals surface area (Å²) in [5, 5.41) is 0. The van der Waals surface area contributed by atoms with Gasteiger partial charge in [-0.25, -0.2) is 0 Å². The van der Waals surface area contributed by atoms with Crippen LogP contribution in [-0.2, 0) is 4.74 Å². The molecule has 0 aromatic rings. The quantitative estimate of drug-likeness (QED) is 0.715. The van der Waals surface area contributed by atoms with Gasteiger partial charge in [-0.2, -0.15) is 13.2 Å². The van der Waals surface area contributed by atoms with Crippen LogP contribution in [0.2, 0.25) is 0 Å². The molecular formula is C13H24F3NO. The first kappa shape index (κ1) is 15.8. The fraction of sp³-hybridized carbons (Fsp3) is 1.00. The molecule has 2 nitrogen and oxygen atoms in total. The number of nitrogens with two attached hydrogens (primary N) is 1. The number of halogens is 3. The van der Waals surface area contributed by atoms with E-state index in [1.54, 1.807) is 0 Å². The number of ether oxygens (including phenoxy) is 1. The summed E-state index contributed by atoms with van der Waals surface area (Å²) in [6.45, 7) is 1.71. The minimum absolute atomic E-state index is 0.0563. The summed E-state index contributed by atoms with van der Waals surface area (Å²) < 4.78 is 41.2. The van der Waals surface area contributed by atoms with Crippen molar-refractivity contribution in [3.8, 4) is 0 Å². The van der Waals surface area contributed by atoms with Gasteiger partial charge in [-0.15, -0.1) is 0 Å². The van der Waals surface area contributed by atoms with Crippen LogP contribution in [0.25, 0.3) is 0 Å². The van der Waals surface area contributed by atoms with Crippen LogP contribution in [-0.4, -0.2) is 25.4 Å². The summed E-state index contributed by atoms with van der Waals surface area (Å²) in [4.78, 5) is 0. The number of hydrogen-bond donors (Lipinski definition) is 1. The first-order valence-corrected chi connectivity index (χ1v) is 6.87. The van der Waals surface area contributed by atoms with E-state index in [-0.39, 0.29) is 12.5 Å². The predicted molar refractivity (Wildman–Crippen MR) is 65.3 cm³/mol. The van der Waals surface area contributed by atoms with Crippen molar-refractivity contribution < 1.29 is 17.9 Å². The first-order chi connectivity index (χ1) is 8.47. The topological polar surface area (TPSA) is 35.2 Å². The molecule has 2 N–H and O–H groups in total. The smallest absolute Gasteiger partial charge is 0.381 e. The maximum Gasteiger partial charge on any atom is 0.389 e. The lowest BCUT2D eigenvalue weighted by atomic mass is 9.93. The van der Waals surface area contributed by atoms with Gasteiger partial charge in [0.25, 0.3) is 0 Å². The summed E-state index contributed by atoms with van der Waals surface area (Å²) in [6.07, 6.45) is 1.37. The predicted octanol–water partition coefficient (Wildman–Crippen LogP) is 3.64. The summed E-state index contributed by atoms with van der Waals surface area (Å²) in [5.41, 5.74) is 5.68. The maximum atomic E-state index is 12.0. The molecule has 18 heavy (non-hydrogen) atoms. The van der Waals surface area contributed by atoms with E-state index in [1.165, 1.54) is 0 Å². The number of hydrogen-bond acceptors (Lipinski definition) is 2. The minimum atomic E-state index is -4.07. The molecule has 0 spiro atoms. The Balaban J connectivity index is 1.96. The zero-order chi connectivity index (χ0) is 13.4. The lowest BCUT2D eigenvalue weighted by Crippen LogP contribution is -2.23. The standard InChI is InChI=1S/C13H24F3NO/c14-13(15,16)8-5-12(17)4-2-1-3-11-6-9-18-10-7-11/h11-12H,1-10,17H2. The molecule has 0 amide bonds. The molecule has 1 saturated heterocycles. The van der Waals surface area contributed by atoms with Crippen molar-refractivity contribution in [1.29, 1.82) is 0 Å². The van der Waals surface area contributed by atoms with Crippen LogP contribution in [0.5, 0.6) is 0 Å². The van der Waals surface area contributed by atoms with Crippen LogP contribution in [0.15, 0.2) is 0 Å². The Morgan fingerprint density at radius 2 is 1.78 bits per heavy atom. The van der Waals surface area contributed by atoms with Gasteiger partial charge in [0.1, 0.15) is 0 Å². The van der Waals surface area contributed by atoms with E-state index in [9.17, 15) is 13.2 Å². The van der Waals surface area contributed by atoms with Gasteiger partial charge in [-0.3, -0.25) is 0 Å². The highest BCUT2D eigenvalue weighted by Crippen LogP contribution is 2.24. The SMILES string of the molecule is NC(CCCCC1CCOCC1)CCC(F)(F)F. The highest BCUT2D eigenvalue weighted by molar-refractivity contribution is 4.67. The molecule has 1 aliphatic rings. The Kier molecular flexibility index (Phi) is 7.00. The van der Waals surface area contributed by atoms with Crippen molar-refractivity contribution in [1.82, 2.24) is 0 Å². The van der Waals surface area contributed by atoms with Crippen molar-refractivity contribution in [2.45, 2.75) is 63.6 Å². The molecule has 0 radical (unpaired) electrons. The zero-order valence-corrected chi connectivity index (χ0v) is 10.8. The average Bonchev–Trinajstić information content (AvgIpc) is 2.33. The van der Waals surface area contributed by atoms with Crippen LogP contribution in [0.1, 0.15) is 51.4 Å². The van der Waals surface area contributed by atoms with E-state index in [0.29, 0.717) is 6.42 Å². The van der Waals surface area contributed by atoms with Crippen molar-refractivity contribution >= 4 is 0 Å². The second-order valence-electron chi connectivity index (χ2n) is 5.25. The molecule has 1 unspecified atom stereocenters. The maximum absolute atomic E-state index is 12.0. The molecule has 0 aromatic heterocycles. The van der Waals surface area contributed by atoms with E-state index < -0.39 is 12.6 Å². The molecular weight excluding hydrogens is 243 g/mol. The van der Waals surface area contributed by atoms with Gasteiger partial charge in [0, 0.05) is 25.7 Å². The fourth-order valence-corrected chi connectivity index (χ4v) is 2.37. The van der Waals surface area contributed by atoms with Gasteiger partial charge in [0.05, 0.1) is 0 Å². The molecule has 0 bridgehead atoms. The second-order valence-corrected chi connectivity index (χ2v) is 5.25. The van der Waals surface area contributed by atoms with E-state index in [2.05, 4.69) is 0 Å². The van der Waals surface area contributed by atoms with Crippen molar-refractivity contribution in [3.05, 3.63) is 0 Å². The van der Waals surface area contributed by atoms with Gasteiger partial charge in [-0.05, 0) is 31.6 Å². The van der Waals surface area contributed by atoms with Crippen LogP contribution >= 0.6 is 0 Å². The highest BCUT2D eigenvalue weighted by atomic mass is 19.4. The van der Waals surface area contributed by atoms with Crippen LogP contribution in [0.4, 0.5) is 13.2 Å². The molecule has 0 aromatic carbocycles. The van der Waals surface area contributed by atoms with E-state index in [4.69, 9.17) is 10.5 Å². The van der Waals surface area contributed by atoms with E-state index in [1.807, 2.05) is 0 Å². The number of unbranched alkanes of at least 4 members (excludes halogenated alkanes) is 1.